The van der Waals surface area contributed by atoms with Gasteiger partial charge in [-0.3, -0.25) is 9.59 Å². The number of carboxylic acids is 1. The van der Waals surface area contributed by atoms with E-state index in [0.29, 0.717) is 41.8 Å². The van der Waals surface area contributed by atoms with Crippen molar-refractivity contribution >= 4 is 23.5 Å². The molecular formula is C17H24ClNO5. The molecule has 1 N–H and O–H groups in total. The van der Waals surface area contributed by atoms with E-state index in [9.17, 15) is 9.59 Å². The monoisotopic (exact) mass is 357 g/mol. The van der Waals surface area contributed by atoms with Crippen LogP contribution >= 0.6 is 11.6 Å². The number of carbonyl (C=O) groups is 2. The number of benzene rings is 1. The van der Waals surface area contributed by atoms with Gasteiger partial charge in [-0.1, -0.05) is 18.5 Å². The molecule has 0 fully saturated rings. The summed E-state index contributed by atoms with van der Waals surface area (Å²) in [6, 6.07) is 3.12. The Hall–Kier alpha value is -1.95. The fourth-order valence-corrected chi connectivity index (χ4v) is 2.38. The molecule has 134 valence electrons. The summed E-state index contributed by atoms with van der Waals surface area (Å²) in [5, 5.41) is 9.09. The van der Waals surface area contributed by atoms with Crippen LogP contribution in [0.5, 0.6) is 11.5 Å². The van der Waals surface area contributed by atoms with Crippen molar-refractivity contribution < 1.29 is 24.2 Å². The zero-order valence-corrected chi connectivity index (χ0v) is 15.1. The zero-order chi connectivity index (χ0) is 18.1. The average Bonchev–Trinajstić information content (AvgIpc) is 2.54. The summed E-state index contributed by atoms with van der Waals surface area (Å²) in [6.07, 6.45) is 0.713. The van der Waals surface area contributed by atoms with Crippen LogP contribution in [0, 0.1) is 0 Å². The first kappa shape index (κ1) is 20.1. The van der Waals surface area contributed by atoms with Crippen molar-refractivity contribution in [3.05, 3.63) is 22.7 Å². The maximum atomic E-state index is 12.6. The van der Waals surface area contributed by atoms with Gasteiger partial charge in [-0.2, -0.15) is 0 Å². The molecule has 6 nitrogen and oxygen atoms in total. The van der Waals surface area contributed by atoms with E-state index in [1.54, 1.807) is 13.0 Å². The molecule has 0 radical (unpaired) electrons. The van der Waals surface area contributed by atoms with E-state index >= 15 is 0 Å². The van der Waals surface area contributed by atoms with E-state index in [2.05, 4.69) is 0 Å². The summed E-state index contributed by atoms with van der Waals surface area (Å²) in [5.74, 6) is -0.400. The van der Waals surface area contributed by atoms with Gasteiger partial charge >= 0.3 is 5.97 Å². The van der Waals surface area contributed by atoms with E-state index in [1.165, 1.54) is 11.0 Å². The highest BCUT2D eigenvalue weighted by Crippen LogP contribution is 2.37. The Morgan fingerprint density at radius 3 is 2.46 bits per heavy atom. The molecule has 0 aromatic heterocycles. The van der Waals surface area contributed by atoms with Gasteiger partial charge in [-0.05, 0) is 32.4 Å². The van der Waals surface area contributed by atoms with Gasteiger partial charge in [0.2, 0.25) is 0 Å². The highest BCUT2D eigenvalue weighted by molar-refractivity contribution is 6.32. The fraction of sp³-hybridized carbons (Fsp3) is 0.529. The molecule has 1 amide bonds. The van der Waals surface area contributed by atoms with E-state index in [-0.39, 0.29) is 18.9 Å². The number of carbonyl (C=O) groups excluding carboxylic acids is 1. The Morgan fingerprint density at radius 1 is 1.21 bits per heavy atom. The Morgan fingerprint density at radius 2 is 1.92 bits per heavy atom. The van der Waals surface area contributed by atoms with Gasteiger partial charge in [0.25, 0.3) is 5.91 Å². The van der Waals surface area contributed by atoms with Crippen LogP contribution in [0.15, 0.2) is 12.1 Å². The number of ether oxygens (including phenoxy) is 2. The number of hydrogen-bond donors (Lipinski definition) is 1. The second-order valence-corrected chi connectivity index (χ2v) is 5.50. The SMILES string of the molecule is CCCOc1c(Cl)cc(C(=O)N(CC)CCC(=O)O)cc1OCC. The van der Waals surface area contributed by atoms with Gasteiger partial charge < -0.3 is 19.5 Å². The van der Waals surface area contributed by atoms with Crippen LogP contribution in [-0.2, 0) is 4.79 Å². The number of amides is 1. The Labute approximate surface area is 147 Å². The molecule has 7 heteroatoms. The Kier molecular flexibility index (Phi) is 8.40. The van der Waals surface area contributed by atoms with Gasteiger partial charge in [0.15, 0.2) is 11.5 Å². The van der Waals surface area contributed by atoms with Crippen LogP contribution in [0.2, 0.25) is 5.02 Å². The third-order valence-corrected chi connectivity index (χ3v) is 3.55. The normalized spacial score (nSPS) is 10.3. The van der Waals surface area contributed by atoms with Crippen LogP contribution in [0.25, 0.3) is 0 Å². The number of carboxylic acid groups (broad SMARTS) is 1. The molecule has 0 aliphatic rings. The topological polar surface area (TPSA) is 76.1 Å². The number of hydrogen-bond acceptors (Lipinski definition) is 4. The van der Waals surface area contributed by atoms with Crippen molar-refractivity contribution in [2.75, 3.05) is 26.3 Å². The zero-order valence-electron chi connectivity index (χ0n) is 14.3. The number of rotatable bonds is 10. The predicted molar refractivity (Wildman–Crippen MR) is 92.2 cm³/mol. The smallest absolute Gasteiger partial charge is 0.305 e. The number of nitrogens with zero attached hydrogens (tertiary/aromatic N) is 1. The molecule has 0 atom stereocenters. The van der Waals surface area contributed by atoms with Crippen molar-refractivity contribution in [2.45, 2.75) is 33.6 Å². The van der Waals surface area contributed by atoms with Crippen LogP contribution < -0.4 is 9.47 Å². The van der Waals surface area contributed by atoms with Crippen LogP contribution in [0.3, 0.4) is 0 Å². The summed E-state index contributed by atoms with van der Waals surface area (Å²) < 4.78 is 11.2. The summed E-state index contributed by atoms with van der Waals surface area (Å²) >= 11 is 6.26. The van der Waals surface area contributed by atoms with Crippen molar-refractivity contribution in [1.29, 1.82) is 0 Å². The number of aliphatic carboxylic acids is 1. The second-order valence-electron chi connectivity index (χ2n) is 5.10. The van der Waals surface area contributed by atoms with Crippen molar-refractivity contribution in [1.82, 2.24) is 4.90 Å². The molecule has 0 unspecified atom stereocenters. The van der Waals surface area contributed by atoms with Gasteiger partial charge in [-0.25, -0.2) is 0 Å². The summed E-state index contributed by atoms with van der Waals surface area (Å²) in [5.41, 5.74) is 0.347. The van der Waals surface area contributed by atoms with Gasteiger partial charge in [0.05, 0.1) is 24.7 Å². The summed E-state index contributed by atoms with van der Waals surface area (Å²) in [4.78, 5) is 24.8. The lowest BCUT2D eigenvalue weighted by Crippen LogP contribution is -2.32. The largest absolute Gasteiger partial charge is 0.490 e. The predicted octanol–water partition coefficient (Wildman–Crippen LogP) is 3.46. The van der Waals surface area contributed by atoms with Crippen molar-refractivity contribution in [2.24, 2.45) is 0 Å². The first-order valence-electron chi connectivity index (χ1n) is 8.04. The molecular weight excluding hydrogens is 334 g/mol. The van der Waals surface area contributed by atoms with E-state index < -0.39 is 5.97 Å². The Balaban J connectivity index is 3.09. The fourth-order valence-electron chi connectivity index (χ4n) is 2.12. The highest BCUT2D eigenvalue weighted by atomic mass is 35.5. The molecule has 0 heterocycles. The van der Waals surface area contributed by atoms with E-state index in [0.717, 1.165) is 6.42 Å². The molecule has 0 spiro atoms. The standard InChI is InChI=1S/C17H24ClNO5/c1-4-9-24-16-13(18)10-12(11-14(16)23-6-3)17(22)19(5-2)8-7-15(20)21/h10-11H,4-9H2,1-3H3,(H,20,21). The molecule has 0 aliphatic heterocycles. The lowest BCUT2D eigenvalue weighted by atomic mass is 10.1. The minimum atomic E-state index is -0.947. The molecule has 0 saturated heterocycles. The van der Waals surface area contributed by atoms with Crippen molar-refractivity contribution in [3.8, 4) is 11.5 Å². The molecule has 24 heavy (non-hydrogen) atoms. The van der Waals surface area contributed by atoms with Gasteiger partial charge in [0, 0.05) is 18.7 Å². The lowest BCUT2D eigenvalue weighted by Gasteiger charge is -2.21. The molecule has 1 aromatic rings. The summed E-state index contributed by atoms with van der Waals surface area (Å²) in [6.45, 7) is 7.05. The second kappa shape index (κ2) is 10.0. The van der Waals surface area contributed by atoms with Crippen LogP contribution in [-0.4, -0.2) is 48.2 Å². The van der Waals surface area contributed by atoms with E-state index in [4.69, 9.17) is 26.2 Å². The highest BCUT2D eigenvalue weighted by Gasteiger charge is 2.20. The van der Waals surface area contributed by atoms with Crippen molar-refractivity contribution in [3.63, 3.8) is 0 Å². The maximum absolute atomic E-state index is 12.6. The third kappa shape index (κ3) is 5.60. The summed E-state index contributed by atoms with van der Waals surface area (Å²) in [7, 11) is 0. The van der Waals surface area contributed by atoms with Crippen LogP contribution in [0.1, 0.15) is 44.0 Å². The quantitative estimate of drug-likeness (QED) is 0.694. The molecule has 0 aliphatic carbocycles. The minimum Gasteiger partial charge on any atom is -0.490 e. The lowest BCUT2D eigenvalue weighted by molar-refractivity contribution is -0.137. The minimum absolute atomic E-state index is 0.108. The molecule has 1 aromatic carbocycles. The third-order valence-electron chi connectivity index (χ3n) is 3.27. The van der Waals surface area contributed by atoms with Gasteiger partial charge in [0.1, 0.15) is 0 Å². The first-order chi connectivity index (χ1) is 11.4. The molecule has 0 saturated carbocycles. The first-order valence-corrected chi connectivity index (χ1v) is 8.42. The number of halogens is 1. The van der Waals surface area contributed by atoms with Gasteiger partial charge in [-0.15, -0.1) is 0 Å². The van der Waals surface area contributed by atoms with Crippen LogP contribution in [0.4, 0.5) is 0 Å². The maximum Gasteiger partial charge on any atom is 0.305 e. The Bertz CT molecular complexity index is 576. The van der Waals surface area contributed by atoms with E-state index in [1.807, 2.05) is 13.8 Å². The molecule has 1 rings (SSSR count). The average molecular weight is 358 g/mol. The molecule has 0 bridgehead atoms.